The fourth-order valence-electron chi connectivity index (χ4n) is 0.923. The summed E-state index contributed by atoms with van der Waals surface area (Å²) in [5.41, 5.74) is 1.26. The van der Waals surface area contributed by atoms with Crippen LogP contribution in [0.4, 0.5) is 0 Å². The van der Waals surface area contributed by atoms with E-state index in [2.05, 4.69) is 33.8 Å². The second-order valence-corrected chi connectivity index (χ2v) is 3.77. The Hall–Kier alpha value is -0.960. The van der Waals surface area contributed by atoms with Crippen LogP contribution < -0.4 is 0 Å². The van der Waals surface area contributed by atoms with Gasteiger partial charge in [-0.3, -0.25) is 0 Å². The van der Waals surface area contributed by atoms with Crippen molar-refractivity contribution < 1.29 is 0 Å². The van der Waals surface area contributed by atoms with Gasteiger partial charge < -0.3 is 0 Å². The number of hydrogen-bond acceptors (Lipinski definition) is 1. The van der Waals surface area contributed by atoms with Crippen molar-refractivity contribution >= 4 is 27.5 Å². The van der Waals surface area contributed by atoms with Crippen LogP contribution in [-0.2, 0) is 0 Å². The summed E-state index contributed by atoms with van der Waals surface area (Å²) in [5.74, 6) is 5.89. The summed E-state index contributed by atoms with van der Waals surface area (Å²) in [4.78, 5) is 0. The topological polar surface area (TPSA) is 23.8 Å². The monoisotopic (exact) mass is 267 g/mol. The highest BCUT2D eigenvalue weighted by molar-refractivity contribution is 9.09. The van der Waals surface area contributed by atoms with E-state index in [0.717, 1.165) is 17.3 Å². The van der Waals surface area contributed by atoms with Crippen molar-refractivity contribution in [2.45, 2.75) is 6.42 Å². The molecule has 0 radical (unpaired) electrons. The minimum absolute atomic E-state index is 0.527. The summed E-state index contributed by atoms with van der Waals surface area (Å²) >= 11 is 9.03. The molecule has 0 aromatic heterocycles. The number of benzene rings is 1. The van der Waals surface area contributed by atoms with E-state index in [1.807, 2.05) is 0 Å². The SMILES string of the molecule is N#Cc1cc(Cl)ccc1C#CCCBr. The number of alkyl halides is 1. The number of nitriles is 1. The molecule has 0 heterocycles. The minimum Gasteiger partial charge on any atom is -0.192 e. The van der Waals surface area contributed by atoms with Crippen LogP contribution in [0, 0.1) is 23.2 Å². The predicted molar refractivity (Wildman–Crippen MR) is 61.5 cm³/mol. The van der Waals surface area contributed by atoms with Gasteiger partial charge in [0.25, 0.3) is 0 Å². The van der Waals surface area contributed by atoms with E-state index < -0.39 is 0 Å². The first-order valence-electron chi connectivity index (χ1n) is 4.02. The quantitative estimate of drug-likeness (QED) is 0.566. The molecule has 0 unspecified atom stereocenters. The molecule has 0 bridgehead atoms. The molecule has 70 valence electrons. The van der Waals surface area contributed by atoms with Gasteiger partial charge in [0.2, 0.25) is 0 Å². The molecule has 0 aliphatic rings. The number of rotatable bonds is 1. The zero-order valence-corrected chi connectivity index (χ0v) is 9.69. The fourth-order valence-corrected chi connectivity index (χ4v) is 1.29. The molecule has 1 aromatic carbocycles. The van der Waals surface area contributed by atoms with Crippen molar-refractivity contribution in [3.05, 3.63) is 34.3 Å². The Balaban J connectivity index is 3.00. The zero-order valence-electron chi connectivity index (χ0n) is 7.35. The van der Waals surface area contributed by atoms with E-state index in [-0.39, 0.29) is 0 Å². The van der Waals surface area contributed by atoms with Crippen LogP contribution in [0.3, 0.4) is 0 Å². The Morgan fingerprint density at radius 1 is 1.36 bits per heavy atom. The molecular formula is C11H7BrClN. The van der Waals surface area contributed by atoms with Crippen molar-refractivity contribution in [3.8, 4) is 17.9 Å². The van der Waals surface area contributed by atoms with E-state index in [1.54, 1.807) is 18.2 Å². The van der Waals surface area contributed by atoms with Gasteiger partial charge in [0.1, 0.15) is 6.07 Å². The molecule has 1 nitrogen and oxygen atoms in total. The van der Waals surface area contributed by atoms with E-state index in [1.165, 1.54) is 0 Å². The Bertz CT molecular complexity index is 423. The van der Waals surface area contributed by atoms with E-state index in [0.29, 0.717) is 10.6 Å². The molecule has 0 amide bonds. The Kier molecular flexibility index (Phi) is 4.53. The molecule has 1 aromatic rings. The molecule has 0 N–H and O–H groups in total. The molecular weight excluding hydrogens is 261 g/mol. The van der Waals surface area contributed by atoms with Gasteiger partial charge in [0, 0.05) is 22.3 Å². The zero-order chi connectivity index (χ0) is 10.4. The van der Waals surface area contributed by atoms with E-state index in [4.69, 9.17) is 16.9 Å². The highest BCUT2D eigenvalue weighted by atomic mass is 79.9. The highest BCUT2D eigenvalue weighted by Crippen LogP contribution is 2.14. The second kappa shape index (κ2) is 5.70. The van der Waals surface area contributed by atoms with Crippen molar-refractivity contribution in [1.29, 1.82) is 5.26 Å². The lowest BCUT2D eigenvalue weighted by atomic mass is 10.1. The van der Waals surface area contributed by atoms with Crippen LogP contribution in [-0.4, -0.2) is 5.33 Å². The average Bonchev–Trinajstić information content (AvgIpc) is 2.20. The van der Waals surface area contributed by atoms with Gasteiger partial charge in [-0.2, -0.15) is 5.26 Å². The molecule has 0 saturated heterocycles. The first-order valence-corrected chi connectivity index (χ1v) is 5.52. The fraction of sp³-hybridized carbons (Fsp3) is 0.182. The maximum Gasteiger partial charge on any atom is 0.100 e. The third-order valence-electron chi connectivity index (χ3n) is 1.54. The van der Waals surface area contributed by atoms with E-state index >= 15 is 0 Å². The van der Waals surface area contributed by atoms with Crippen LogP contribution in [0.2, 0.25) is 5.02 Å². The van der Waals surface area contributed by atoms with Crippen molar-refractivity contribution in [2.75, 3.05) is 5.33 Å². The summed E-state index contributed by atoms with van der Waals surface area (Å²) in [6.07, 6.45) is 0.771. The average molecular weight is 269 g/mol. The Morgan fingerprint density at radius 3 is 2.79 bits per heavy atom. The van der Waals surface area contributed by atoms with Crippen LogP contribution in [0.15, 0.2) is 18.2 Å². The third-order valence-corrected chi connectivity index (χ3v) is 2.18. The molecule has 0 saturated carbocycles. The van der Waals surface area contributed by atoms with Crippen molar-refractivity contribution in [3.63, 3.8) is 0 Å². The lowest BCUT2D eigenvalue weighted by Gasteiger charge is -1.95. The Labute approximate surface area is 96.8 Å². The molecule has 3 heteroatoms. The first-order chi connectivity index (χ1) is 6.77. The normalized spacial score (nSPS) is 8.64. The van der Waals surface area contributed by atoms with Crippen LogP contribution in [0.1, 0.15) is 17.5 Å². The lowest BCUT2D eigenvalue weighted by Crippen LogP contribution is -1.83. The largest absolute Gasteiger partial charge is 0.192 e. The molecule has 0 aliphatic heterocycles. The third kappa shape index (κ3) is 3.07. The number of nitrogens with zero attached hydrogens (tertiary/aromatic N) is 1. The maximum absolute atomic E-state index is 8.81. The highest BCUT2D eigenvalue weighted by Gasteiger charge is 1.98. The predicted octanol–water partition coefficient (Wildman–Crippen LogP) is 3.35. The summed E-state index contributed by atoms with van der Waals surface area (Å²) < 4.78 is 0. The van der Waals surface area contributed by atoms with Crippen molar-refractivity contribution in [1.82, 2.24) is 0 Å². The van der Waals surface area contributed by atoms with Gasteiger partial charge in [0.05, 0.1) is 5.56 Å². The van der Waals surface area contributed by atoms with Gasteiger partial charge in [0.15, 0.2) is 0 Å². The maximum atomic E-state index is 8.81. The first kappa shape index (κ1) is 11.1. The molecule has 0 aliphatic carbocycles. The van der Waals surface area contributed by atoms with Gasteiger partial charge in [-0.05, 0) is 18.2 Å². The van der Waals surface area contributed by atoms with Gasteiger partial charge in [-0.1, -0.05) is 39.4 Å². The van der Waals surface area contributed by atoms with Crippen LogP contribution >= 0.6 is 27.5 Å². The van der Waals surface area contributed by atoms with Gasteiger partial charge in [-0.25, -0.2) is 0 Å². The second-order valence-electron chi connectivity index (χ2n) is 2.54. The molecule has 0 atom stereocenters. The minimum atomic E-state index is 0.527. The lowest BCUT2D eigenvalue weighted by molar-refractivity contribution is 1.32. The summed E-state index contributed by atoms with van der Waals surface area (Å²) in [6, 6.07) is 7.19. The van der Waals surface area contributed by atoms with E-state index in [9.17, 15) is 0 Å². The smallest absolute Gasteiger partial charge is 0.100 e. The number of hydrogen-bond donors (Lipinski definition) is 0. The molecule has 0 fully saturated rings. The standard InChI is InChI=1S/C11H7BrClN/c12-6-2-1-3-9-4-5-11(13)7-10(9)8-14/h4-5,7H,2,6H2. The summed E-state index contributed by atoms with van der Waals surface area (Å²) in [6.45, 7) is 0. The number of halogens is 2. The van der Waals surface area contributed by atoms with Gasteiger partial charge >= 0.3 is 0 Å². The summed E-state index contributed by atoms with van der Waals surface area (Å²) in [5, 5.41) is 10.2. The molecule has 0 spiro atoms. The van der Waals surface area contributed by atoms with Gasteiger partial charge in [-0.15, -0.1) is 0 Å². The Morgan fingerprint density at radius 2 is 2.14 bits per heavy atom. The summed E-state index contributed by atoms with van der Waals surface area (Å²) in [7, 11) is 0. The molecule has 14 heavy (non-hydrogen) atoms. The van der Waals surface area contributed by atoms with Crippen LogP contribution in [0.5, 0.6) is 0 Å². The molecule has 1 rings (SSSR count). The van der Waals surface area contributed by atoms with Crippen LogP contribution in [0.25, 0.3) is 0 Å². The van der Waals surface area contributed by atoms with Crippen molar-refractivity contribution in [2.24, 2.45) is 0 Å².